The van der Waals surface area contributed by atoms with Crippen molar-refractivity contribution in [2.45, 2.75) is 6.42 Å². The number of anilines is 2. The molecule has 0 unspecified atom stereocenters. The standard InChI is InChI=1S/C22H22N4.2ClH/c1-23-14-8-16-26-20-13-6-5-11-18(20)21(17-9-3-2-4-10-17)25-19-12-7-15-24-22(19)26;;/h2-7,9-13,15,23H,8,14,16H2,1H3;2*1H. The minimum atomic E-state index is 0. The Balaban J connectivity index is 0.00000140. The SMILES string of the molecule is CNCCCN1c2ccccc2C(c2ccccc2)=Nc2cccnc21.Cl.Cl. The van der Waals surface area contributed by atoms with Crippen molar-refractivity contribution in [1.29, 1.82) is 0 Å². The molecule has 4 rings (SSSR count). The predicted molar refractivity (Wildman–Crippen MR) is 122 cm³/mol. The van der Waals surface area contributed by atoms with Crippen LogP contribution in [-0.4, -0.2) is 30.8 Å². The molecule has 0 bridgehead atoms. The van der Waals surface area contributed by atoms with Gasteiger partial charge in [0.05, 0.1) is 11.4 Å². The van der Waals surface area contributed by atoms with Crippen LogP contribution < -0.4 is 10.2 Å². The summed E-state index contributed by atoms with van der Waals surface area (Å²) < 4.78 is 0. The fraction of sp³-hybridized carbons (Fsp3) is 0.182. The lowest BCUT2D eigenvalue weighted by molar-refractivity contribution is 0.721. The third-order valence-corrected chi connectivity index (χ3v) is 4.56. The zero-order valence-corrected chi connectivity index (χ0v) is 17.3. The highest BCUT2D eigenvalue weighted by atomic mass is 35.5. The molecule has 2 heterocycles. The summed E-state index contributed by atoms with van der Waals surface area (Å²) in [4.78, 5) is 12.0. The van der Waals surface area contributed by atoms with E-state index in [4.69, 9.17) is 4.99 Å². The lowest BCUT2D eigenvalue weighted by Crippen LogP contribution is -2.24. The maximum atomic E-state index is 5.03. The number of aromatic nitrogens is 1. The Bertz CT molecular complexity index is 929. The molecule has 0 atom stereocenters. The lowest BCUT2D eigenvalue weighted by Gasteiger charge is -2.25. The summed E-state index contributed by atoms with van der Waals surface area (Å²) in [5.74, 6) is 0.919. The molecule has 0 spiro atoms. The monoisotopic (exact) mass is 414 g/mol. The summed E-state index contributed by atoms with van der Waals surface area (Å²) in [7, 11) is 1.99. The van der Waals surface area contributed by atoms with Crippen LogP contribution in [-0.2, 0) is 0 Å². The highest BCUT2D eigenvalue weighted by Crippen LogP contribution is 2.38. The van der Waals surface area contributed by atoms with Gasteiger partial charge in [-0.25, -0.2) is 9.98 Å². The maximum Gasteiger partial charge on any atom is 0.159 e. The van der Waals surface area contributed by atoms with E-state index in [2.05, 4.69) is 63.7 Å². The third-order valence-electron chi connectivity index (χ3n) is 4.56. The number of benzene rings is 2. The van der Waals surface area contributed by atoms with Crippen LogP contribution in [0.3, 0.4) is 0 Å². The number of fused-ring (bicyclic) bond motifs is 2. The van der Waals surface area contributed by atoms with Gasteiger partial charge in [-0.1, -0.05) is 48.5 Å². The van der Waals surface area contributed by atoms with E-state index in [1.54, 1.807) is 0 Å². The van der Waals surface area contributed by atoms with Gasteiger partial charge in [-0.15, -0.1) is 24.8 Å². The van der Waals surface area contributed by atoms with E-state index in [-0.39, 0.29) is 24.8 Å². The van der Waals surface area contributed by atoms with Crippen LogP contribution in [0.5, 0.6) is 0 Å². The molecule has 0 saturated heterocycles. The van der Waals surface area contributed by atoms with Crippen molar-refractivity contribution in [1.82, 2.24) is 10.3 Å². The smallest absolute Gasteiger partial charge is 0.159 e. The molecular formula is C22H24Cl2N4. The van der Waals surface area contributed by atoms with Crippen LogP contribution in [0, 0.1) is 0 Å². The second-order valence-corrected chi connectivity index (χ2v) is 6.30. The van der Waals surface area contributed by atoms with E-state index in [1.807, 2.05) is 31.4 Å². The van der Waals surface area contributed by atoms with Crippen molar-refractivity contribution >= 4 is 47.7 Å². The summed E-state index contributed by atoms with van der Waals surface area (Å²) in [6, 6.07) is 22.8. The third kappa shape index (κ3) is 4.36. The van der Waals surface area contributed by atoms with Crippen LogP contribution in [0.4, 0.5) is 17.2 Å². The minimum absolute atomic E-state index is 0. The van der Waals surface area contributed by atoms with E-state index in [0.717, 1.165) is 53.5 Å². The molecule has 0 amide bonds. The van der Waals surface area contributed by atoms with E-state index < -0.39 is 0 Å². The van der Waals surface area contributed by atoms with Crippen molar-refractivity contribution in [3.05, 3.63) is 84.1 Å². The number of aliphatic imine (C=N–C) groups is 1. The van der Waals surface area contributed by atoms with E-state index in [9.17, 15) is 0 Å². The molecule has 0 fully saturated rings. The molecule has 4 nitrogen and oxygen atoms in total. The number of hydrogen-bond donors (Lipinski definition) is 1. The topological polar surface area (TPSA) is 40.5 Å². The van der Waals surface area contributed by atoms with Crippen LogP contribution in [0.1, 0.15) is 17.5 Å². The maximum absolute atomic E-state index is 5.03. The van der Waals surface area contributed by atoms with Gasteiger partial charge in [0.1, 0.15) is 5.69 Å². The van der Waals surface area contributed by atoms with Crippen LogP contribution in [0.2, 0.25) is 0 Å². The van der Waals surface area contributed by atoms with Crippen molar-refractivity contribution in [3.8, 4) is 0 Å². The fourth-order valence-corrected chi connectivity index (χ4v) is 3.34. The van der Waals surface area contributed by atoms with E-state index >= 15 is 0 Å². The first kappa shape index (κ1) is 21.9. The zero-order valence-electron chi connectivity index (χ0n) is 15.7. The summed E-state index contributed by atoms with van der Waals surface area (Å²) >= 11 is 0. The summed E-state index contributed by atoms with van der Waals surface area (Å²) in [6.07, 6.45) is 2.87. The van der Waals surface area contributed by atoms with Gasteiger partial charge in [-0.05, 0) is 38.2 Å². The Morgan fingerprint density at radius 2 is 1.64 bits per heavy atom. The number of hydrogen-bond acceptors (Lipinski definition) is 4. The Morgan fingerprint density at radius 3 is 2.43 bits per heavy atom. The molecule has 1 aliphatic heterocycles. The molecule has 2 aromatic carbocycles. The fourth-order valence-electron chi connectivity index (χ4n) is 3.34. The minimum Gasteiger partial charge on any atom is -0.324 e. The van der Waals surface area contributed by atoms with Crippen molar-refractivity contribution in [2.75, 3.05) is 25.0 Å². The average Bonchev–Trinajstić information content (AvgIpc) is 2.84. The second kappa shape index (κ2) is 10.2. The van der Waals surface area contributed by atoms with Gasteiger partial charge < -0.3 is 10.2 Å². The van der Waals surface area contributed by atoms with Crippen LogP contribution in [0.25, 0.3) is 0 Å². The average molecular weight is 415 g/mol. The van der Waals surface area contributed by atoms with Crippen molar-refractivity contribution < 1.29 is 0 Å². The molecule has 28 heavy (non-hydrogen) atoms. The molecule has 3 aromatic rings. The van der Waals surface area contributed by atoms with Gasteiger partial charge in [-0.2, -0.15) is 0 Å². The molecule has 1 N–H and O–H groups in total. The van der Waals surface area contributed by atoms with Crippen molar-refractivity contribution in [3.63, 3.8) is 0 Å². The first-order valence-corrected chi connectivity index (χ1v) is 8.99. The number of para-hydroxylation sites is 1. The number of halogens is 2. The number of nitrogens with one attached hydrogen (secondary N) is 1. The van der Waals surface area contributed by atoms with Gasteiger partial charge in [0.15, 0.2) is 5.82 Å². The molecule has 6 heteroatoms. The van der Waals surface area contributed by atoms with Crippen LogP contribution in [0.15, 0.2) is 77.9 Å². The molecule has 0 radical (unpaired) electrons. The Kier molecular flexibility index (Phi) is 8.00. The molecule has 0 aliphatic carbocycles. The largest absolute Gasteiger partial charge is 0.324 e. The first-order valence-electron chi connectivity index (χ1n) is 8.99. The van der Waals surface area contributed by atoms with Gasteiger partial charge in [0.2, 0.25) is 0 Å². The lowest BCUT2D eigenvalue weighted by atomic mass is 10.00. The molecule has 1 aliphatic rings. The van der Waals surface area contributed by atoms with Gasteiger partial charge in [0, 0.05) is 23.9 Å². The normalized spacial score (nSPS) is 11.9. The predicted octanol–water partition coefficient (Wildman–Crippen LogP) is 5.16. The summed E-state index contributed by atoms with van der Waals surface area (Å²) in [6.45, 7) is 1.85. The van der Waals surface area contributed by atoms with E-state index in [1.165, 1.54) is 0 Å². The Hall–Kier alpha value is -2.40. The first-order chi connectivity index (χ1) is 12.9. The molecule has 0 saturated carbocycles. The van der Waals surface area contributed by atoms with Crippen molar-refractivity contribution in [2.24, 2.45) is 4.99 Å². The van der Waals surface area contributed by atoms with Gasteiger partial charge >= 0.3 is 0 Å². The molecular weight excluding hydrogens is 391 g/mol. The molecule has 1 aromatic heterocycles. The van der Waals surface area contributed by atoms with Gasteiger partial charge in [0.25, 0.3) is 0 Å². The molecule has 146 valence electrons. The number of pyridine rings is 1. The number of nitrogens with zero attached hydrogens (tertiary/aromatic N) is 3. The van der Waals surface area contributed by atoms with Crippen LogP contribution >= 0.6 is 24.8 Å². The summed E-state index contributed by atoms with van der Waals surface area (Å²) in [5.41, 5.74) is 5.32. The Labute approximate surface area is 178 Å². The zero-order chi connectivity index (χ0) is 17.8. The quantitative estimate of drug-likeness (QED) is 0.586. The Morgan fingerprint density at radius 1 is 0.893 bits per heavy atom. The number of rotatable bonds is 5. The highest BCUT2D eigenvalue weighted by molar-refractivity contribution is 6.18. The van der Waals surface area contributed by atoms with E-state index in [0.29, 0.717) is 0 Å². The highest BCUT2D eigenvalue weighted by Gasteiger charge is 2.24. The second-order valence-electron chi connectivity index (χ2n) is 6.30. The summed E-state index contributed by atoms with van der Waals surface area (Å²) in [5, 5.41) is 3.23. The van der Waals surface area contributed by atoms with Gasteiger partial charge in [-0.3, -0.25) is 0 Å².